The number of hydrogen-bond acceptors (Lipinski definition) is 11. The molecule has 388 valence electrons. The maximum absolute atomic E-state index is 14.6. The van der Waals surface area contributed by atoms with E-state index in [1.807, 2.05) is 13.8 Å². The average molecular weight is 979 g/mol. The van der Waals surface area contributed by atoms with E-state index in [2.05, 4.69) is 41.9 Å². The third kappa shape index (κ3) is 22.4. The lowest BCUT2D eigenvalue weighted by Crippen LogP contribution is -2.61. The lowest BCUT2D eigenvalue weighted by atomic mass is 9.96. The normalized spacial score (nSPS) is 14.4. The Morgan fingerprint density at radius 3 is 1.44 bits per heavy atom. The van der Waals surface area contributed by atoms with Gasteiger partial charge < -0.3 is 71.4 Å². The molecule has 0 fully saturated rings. The van der Waals surface area contributed by atoms with Gasteiger partial charge in [0.05, 0.1) is 0 Å². The number of nitrogens with two attached hydrogens (primary N) is 6. The van der Waals surface area contributed by atoms with Crippen LogP contribution in [-0.4, -0.2) is 114 Å². The summed E-state index contributed by atoms with van der Waals surface area (Å²) in [5.41, 5.74) is 34.5. The number of aliphatic imine (C=N–C) groups is 2. The summed E-state index contributed by atoms with van der Waals surface area (Å²) < 4.78 is 0. The Morgan fingerprint density at radius 2 is 0.971 bits per heavy atom. The molecule has 2 aromatic carbocycles. The standard InChI is InChI=1S/C48H78N14O8/c1-5-14-30(4)41(65)58-35(18-12-25-55-47(51)52)42(66)60-37(27-31-15-8-7-9-16-31)45(69)61-38(28-32-20-22-33(63)23-21-32)44(68)59-36(19-13-26-56-48(53)54)43(67)62-39(29(3)6-2)46(70)57-34(40(50)64)17-10-11-24-49/h7-9,15-16,20-23,29-30,34-39,63H,5-6,10-14,17-19,24-28,49H2,1-4H3,(H2,50,64)(H,57,70)(H,58,65)(H,59,68)(H,60,66)(H,61,69)(H,62,67)(H4,51,52,55)(H4,53,54,56)/t29-,30?,34-,35-,36-,37-,38-,39-/m0/s1. The minimum absolute atomic E-state index is 0.0219. The Labute approximate surface area is 411 Å². The second kappa shape index (κ2) is 32.0. The zero-order valence-electron chi connectivity index (χ0n) is 41.1. The van der Waals surface area contributed by atoms with Gasteiger partial charge in [0, 0.05) is 31.8 Å². The summed E-state index contributed by atoms with van der Waals surface area (Å²) in [6.07, 6.45) is 3.59. The number of hydrogen-bond donors (Lipinski definition) is 13. The number of guanidine groups is 2. The van der Waals surface area contributed by atoms with Gasteiger partial charge in [0.15, 0.2) is 11.9 Å². The van der Waals surface area contributed by atoms with Crippen LogP contribution >= 0.6 is 0 Å². The highest BCUT2D eigenvalue weighted by molar-refractivity contribution is 5.97. The third-order valence-electron chi connectivity index (χ3n) is 11.7. The van der Waals surface area contributed by atoms with Gasteiger partial charge in [-0.2, -0.15) is 0 Å². The molecule has 8 atom stereocenters. The van der Waals surface area contributed by atoms with Crippen LogP contribution in [0.2, 0.25) is 0 Å². The highest BCUT2D eigenvalue weighted by atomic mass is 16.3. The Bertz CT molecular complexity index is 2030. The number of unbranched alkanes of at least 4 members (excludes halogenated alkanes) is 1. The van der Waals surface area contributed by atoms with Crippen molar-refractivity contribution >= 4 is 53.3 Å². The van der Waals surface area contributed by atoms with Gasteiger partial charge in [0.2, 0.25) is 41.4 Å². The van der Waals surface area contributed by atoms with Crippen molar-refractivity contribution in [2.45, 2.75) is 141 Å². The maximum Gasteiger partial charge on any atom is 0.243 e. The van der Waals surface area contributed by atoms with Crippen molar-refractivity contribution < 1.29 is 38.7 Å². The lowest BCUT2D eigenvalue weighted by Gasteiger charge is -2.29. The third-order valence-corrected chi connectivity index (χ3v) is 11.7. The molecule has 22 nitrogen and oxygen atoms in total. The van der Waals surface area contributed by atoms with Gasteiger partial charge in [-0.15, -0.1) is 0 Å². The molecule has 0 radical (unpaired) electrons. The van der Waals surface area contributed by atoms with Gasteiger partial charge in [-0.25, -0.2) is 0 Å². The fraction of sp³-hybridized carbons (Fsp3) is 0.562. The molecule has 0 spiro atoms. The number of nitrogens with one attached hydrogen (secondary N) is 6. The molecule has 1 unspecified atom stereocenters. The summed E-state index contributed by atoms with van der Waals surface area (Å²) in [5.74, 6) is -5.93. The highest BCUT2D eigenvalue weighted by Gasteiger charge is 2.35. The van der Waals surface area contributed by atoms with Crippen LogP contribution < -0.4 is 66.3 Å². The van der Waals surface area contributed by atoms with E-state index in [1.165, 1.54) is 12.1 Å². The van der Waals surface area contributed by atoms with Gasteiger partial charge in [-0.1, -0.05) is 83.0 Å². The summed E-state index contributed by atoms with van der Waals surface area (Å²) in [6.45, 7) is 7.91. The van der Waals surface area contributed by atoms with E-state index in [0.717, 1.165) is 6.42 Å². The van der Waals surface area contributed by atoms with E-state index in [0.29, 0.717) is 49.8 Å². The van der Waals surface area contributed by atoms with Gasteiger partial charge in [-0.05, 0) is 87.1 Å². The first kappa shape index (κ1) is 59.2. The number of carbonyl (C=O) groups is 7. The summed E-state index contributed by atoms with van der Waals surface area (Å²) in [6, 6.07) is 7.55. The van der Waals surface area contributed by atoms with E-state index < -0.39 is 83.5 Å². The molecule has 70 heavy (non-hydrogen) atoms. The first-order valence-corrected chi connectivity index (χ1v) is 24.0. The van der Waals surface area contributed by atoms with E-state index in [1.54, 1.807) is 56.3 Å². The van der Waals surface area contributed by atoms with Crippen LogP contribution in [0.25, 0.3) is 0 Å². The second-order valence-corrected chi connectivity index (χ2v) is 17.5. The van der Waals surface area contributed by atoms with Crippen LogP contribution in [0, 0.1) is 11.8 Å². The molecule has 2 aromatic rings. The Hall–Kier alpha value is -6.97. The summed E-state index contributed by atoms with van der Waals surface area (Å²) in [7, 11) is 0. The van der Waals surface area contributed by atoms with Crippen molar-refractivity contribution in [2.75, 3.05) is 19.6 Å². The van der Waals surface area contributed by atoms with E-state index in [-0.39, 0.29) is 75.2 Å². The molecule has 19 N–H and O–H groups in total. The molecular weight excluding hydrogens is 901 g/mol. The maximum atomic E-state index is 14.6. The number of rotatable bonds is 33. The number of carbonyl (C=O) groups excluding carboxylic acids is 7. The fourth-order valence-corrected chi connectivity index (χ4v) is 7.37. The molecule has 7 amide bonds. The highest BCUT2D eigenvalue weighted by Crippen LogP contribution is 2.15. The average Bonchev–Trinajstić information content (AvgIpc) is 3.32. The van der Waals surface area contributed by atoms with Gasteiger partial charge in [-0.3, -0.25) is 43.5 Å². The van der Waals surface area contributed by atoms with Gasteiger partial charge in [0.1, 0.15) is 42.0 Å². The first-order chi connectivity index (χ1) is 33.3. The van der Waals surface area contributed by atoms with Crippen molar-refractivity contribution in [3.8, 4) is 5.75 Å². The number of benzene rings is 2. The Kier molecular flexibility index (Phi) is 27.0. The van der Waals surface area contributed by atoms with Crippen LogP contribution in [0.15, 0.2) is 64.6 Å². The van der Waals surface area contributed by atoms with Crippen LogP contribution in [-0.2, 0) is 46.4 Å². The number of phenols is 1. The van der Waals surface area contributed by atoms with E-state index in [4.69, 9.17) is 34.4 Å². The summed E-state index contributed by atoms with van der Waals surface area (Å²) in [5, 5.41) is 26.6. The van der Waals surface area contributed by atoms with E-state index >= 15 is 0 Å². The quantitative estimate of drug-likeness (QED) is 0.0239. The number of aromatic hydroxyl groups is 1. The molecule has 0 saturated carbocycles. The number of phenolic OH excluding ortho intramolecular Hbond substituents is 1. The molecule has 22 heteroatoms. The molecule has 0 bridgehead atoms. The van der Waals surface area contributed by atoms with Crippen molar-refractivity contribution in [2.24, 2.45) is 56.2 Å². The number of nitrogens with zero attached hydrogens (tertiary/aromatic N) is 2. The van der Waals surface area contributed by atoms with E-state index in [9.17, 15) is 38.7 Å². The lowest BCUT2D eigenvalue weighted by molar-refractivity contribution is -0.136. The topological polar surface area (TPSA) is 393 Å². The molecule has 0 aliphatic heterocycles. The van der Waals surface area contributed by atoms with Crippen molar-refractivity contribution in [1.82, 2.24) is 31.9 Å². The summed E-state index contributed by atoms with van der Waals surface area (Å²) >= 11 is 0. The zero-order valence-corrected chi connectivity index (χ0v) is 41.1. The first-order valence-electron chi connectivity index (χ1n) is 24.0. The molecular formula is C48H78N14O8. The van der Waals surface area contributed by atoms with Crippen LogP contribution in [0.4, 0.5) is 0 Å². The van der Waals surface area contributed by atoms with Crippen molar-refractivity contribution in [1.29, 1.82) is 0 Å². The van der Waals surface area contributed by atoms with Crippen LogP contribution in [0.3, 0.4) is 0 Å². The molecule has 0 aliphatic rings. The minimum atomic E-state index is -1.39. The SMILES string of the molecule is CCCC(C)C(=O)N[C@@H](CCCN=C(N)N)C(=O)N[C@@H](Cc1ccccc1)C(=O)N[C@@H](Cc1ccc(O)cc1)C(=O)N[C@@H](CCCN=C(N)N)C(=O)N[C@H](C(=O)N[C@@H](CCCCN)C(N)=O)[C@@H](C)CC. The Morgan fingerprint density at radius 1 is 0.529 bits per heavy atom. The number of primary amides is 1. The van der Waals surface area contributed by atoms with Crippen LogP contribution in [0.1, 0.15) is 103 Å². The molecule has 2 rings (SSSR count). The van der Waals surface area contributed by atoms with Crippen molar-refractivity contribution in [3.63, 3.8) is 0 Å². The molecule has 0 aromatic heterocycles. The van der Waals surface area contributed by atoms with Gasteiger partial charge >= 0.3 is 0 Å². The Balaban J connectivity index is 2.58. The second-order valence-electron chi connectivity index (χ2n) is 17.5. The molecule has 0 saturated heterocycles. The number of amides is 7. The van der Waals surface area contributed by atoms with Gasteiger partial charge in [0.25, 0.3) is 0 Å². The minimum Gasteiger partial charge on any atom is -0.508 e. The predicted molar refractivity (Wildman–Crippen MR) is 269 cm³/mol. The monoisotopic (exact) mass is 979 g/mol. The zero-order chi connectivity index (χ0) is 52.2. The molecule has 0 aliphatic carbocycles. The van der Waals surface area contributed by atoms with Crippen LogP contribution in [0.5, 0.6) is 5.75 Å². The summed E-state index contributed by atoms with van der Waals surface area (Å²) in [4.78, 5) is 105. The predicted octanol–water partition coefficient (Wildman–Crippen LogP) is -0.710. The van der Waals surface area contributed by atoms with Crippen molar-refractivity contribution in [3.05, 3.63) is 65.7 Å². The molecule has 0 heterocycles. The smallest absolute Gasteiger partial charge is 0.243 e. The fourth-order valence-electron chi connectivity index (χ4n) is 7.37. The largest absolute Gasteiger partial charge is 0.508 e.